The second-order valence-electron chi connectivity index (χ2n) is 6.98. The summed E-state index contributed by atoms with van der Waals surface area (Å²) in [6.45, 7) is 9.45. The van der Waals surface area contributed by atoms with Gasteiger partial charge in [-0.1, -0.05) is 0 Å². The Hall–Kier alpha value is -0.460. The fraction of sp³-hybridized carbons (Fsp3) is 0.938. The van der Waals surface area contributed by atoms with E-state index in [1.54, 1.807) is 11.8 Å². The first-order valence-corrected chi connectivity index (χ1v) is 9.44. The van der Waals surface area contributed by atoms with Gasteiger partial charge >= 0.3 is 6.09 Å². The Morgan fingerprint density at radius 3 is 2.68 bits per heavy atom. The van der Waals surface area contributed by atoms with Crippen LogP contribution in [-0.2, 0) is 4.74 Å². The zero-order valence-corrected chi connectivity index (χ0v) is 15.4. The number of amides is 1. The molecule has 1 aliphatic heterocycles. The summed E-state index contributed by atoms with van der Waals surface area (Å²) in [7, 11) is 0. The van der Waals surface area contributed by atoms with Gasteiger partial charge in [0.15, 0.2) is 0 Å². The molecule has 22 heavy (non-hydrogen) atoms. The van der Waals surface area contributed by atoms with Crippen LogP contribution in [0.5, 0.6) is 0 Å². The number of likely N-dealkylation sites (tertiary alicyclic amines) is 1. The molecular formula is C16H32N2O3S. The Bertz CT molecular complexity index is 343. The Morgan fingerprint density at radius 2 is 2.14 bits per heavy atom. The number of aliphatic hydroxyl groups excluding tert-OH is 1. The SMILES string of the molecule is CSC(CO)C(C)NCC1CCCCN1C(=O)OC(C)(C)C. The fourth-order valence-corrected chi connectivity index (χ4v) is 3.32. The zero-order chi connectivity index (χ0) is 16.8. The van der Waals surface area contributed by atoms with Gasteiger partial charge in [0.1, 0.15) is 5.60 Å². The molecule has 6 heteroatoms. The van der Waals surface area contributed by atoms with Crippen molar-refractivity contribution in [1.82, 2.24) is 10.2 Å². The molecule has 1 fully saturated rings. The second kappa shape index (κ2) is 8.99. The minimum Gasteiger partial charge on any atom is -0.444 e. The predicted octanol–water partition coefficient (Wildman–Crippen LogP) is 2.48. The maximum absolute atomic E-state index is 12.3. The van der Waals surface area contributed by atoms with E-state index in [-0.39, 0.29) is 30.0 Å². The largest absolute Gasteiger partial charge is 0.444 e. The van der Waals surface area contributed by atoms with Crippen LogP contribution in [0.4, 0.5) is 4.79 Å². The zero-order valence-electron chi connectivity index (χ0n) is 14.6. The highest BCUT2D eigenvalue weighted by Gasteiger charge is 2.30. The van der Waals surface area contributed by atoms with Gasteiger partial charge in [-0.25, -0.2) is 4.79 Å². The molecule has 0 radical (unpaired) electrons. The van der Waals surface area contributed by atoms with E-state index in [1.165, 1.54) is 0 Å². The van der Waals surface area contributed by atoms with Crippen molar-refractivity contribution in [3.8, 4) is 0 Å². The van der Waals surface area contributed by atoms with Crippen molar-refractivity contribution in [1.29, 1.82) is 0 Å². The number of rotatable bonds is 6. The van der Waals surface area contributed by atoms with Crippen LogP contribution in [0.1, 0.15) is 47.0 Å². The average molecular weight is 333 g/mol. The van der Waals surface area contributed by atoms with Crippen LogP contribution in [0.3, 0.4) is 0 Å². The van der Waals surface area contributed by atoms with Crippen molar-refractivity contribution in [3.63, 3.8) is 0 Å². The van der Waals surface area contributed by atoms with Crippen LogP contribution in [-0.4, -0.2) is 65.0 Å². The second-order valence-corrected chi connectivity index (χ2v) is 8.05. The van der Waals surface area contributed by atoms with E-state index < -0.39 is 5.60 Å². The van der Waals surface area contributed by atoms with Gasteiger partial charge in [0.05, 0.1) is 6.61 Å². The number of hydrogen-bond acceptors (Lipinski definition) is 5. The summed E-state index contributed by atoms with van der Waals surface area (Å²) in [6, 6.07) is 0.384. The molecule has 0 aromatic rings. The molecule has 1 saturated heterocycles. The number of thioether (sulfide) groups is 1. The Labute approximate surface area is 139 Å². The van der Waals surface area contributed by atoms with Crippen molar-refractivity contribution >= 4 is 17.9 Å². The van der Waals surface area contributed by atoms with E-state index in [9.17, 15) is 9.90 Å². The number of carbonyl (C=O) groups excluding carboxylic acids is 1. The number of aliphatic hydroxyl groups is 1. The normalized spacial score (nSPS) is 22.3. The number of hydrogen-bond donors (Lipinski definition) is 2. The van der Waals surface area contributed by atoms with Gasteiger partial charge in [0.25, 0.3) is 0 Å². The van der Waals surface area contributed by atoms with Crippen LogP contribution in [0.15, 0.2) is 0 Å². The van der Waals surface area contributed by atoms with Crippen molar-refractivity contribution in [2.24, 2.45) is 0 Å². The minimum atomic E-state index is -0.458. The van der Waals surface area contributed by atoms with Crippen LogP contribution < -0.4 is 5.32 Å². The van der Waals surface area contributed by atoms with Crippen LogP contribution >= 0.6 is 11.8 Å². The lowest BCUT2D eigenvalue weighted by molar-refractivity contribution is 0.00964. The lowest BCUT2D eigenvalue weighted by Gasteiger charge is -2.37. The summed E-state index contributed by atoms with van der Waals surface area (Å²) in [5.74, 6) is 0. The Kier molecular flexibility index (Phi) is 8.00. The lowest BCUT2D eigenvalue weighted by atomic mass is 10.0. The molecule has 0 bridgehead atoms. The van der Waals surface area contributed by atoms with Gasteiger partial charge in [-0.15, -0.1) is 0 Å². The summed E-state index contributed by atoms with van der Waals surface area (Å²) >= 11 is 1.66. The van der Waals surface area contributed by atoms with E-state index in [0.29, 0.717) is 0 Å². The predicted molar refractivity (Wildman–Crippen MR) is 92.4 cm³/mol. The van der Waals surface area contributed by atoms with Gasteiger partial charge in [0.2, 0.25) is 0 Å². The molecule has 1 heterocycles. The molecule has 1 aliphatic rings. The highest BCUT2D eigenvalue weighted by molar-refractivity contribution is 7.99. The van der Waals surface area contributed by atoms with E-state index in [0.717, 1.165) is 32.4 Å². The van der Waals surface area contributed by atoms with Crippen molar-refractivity contribution in [3.05, 3.63) is 0 Å². The number of carbonyl (C=O) groups is 1. The van der Waals surface area contributed by atoms with Crippen molar-refractivity contribution < 1.29 is 14.6 Å². The van der Waals surface area contributed by atoms with Crippen LogP contribution in [0.25, 0.3) is 0 Å². The maximum atomic E-state index is 12.3. The summed E-state index contributed by atoms with van der Waals surface area (Å²) in [5.41, 5.74) is -0.458. The van der Waals surface area contributed by atoms with Gasteiger partial charge in [-0.3, -0.25) is 0 Å². The van der Waals surface area contributed by atoms with E-state index in [4.69, 9.17) is 4.74 Å². The Morgan fingerprint density at radius 1 is 1.45 bits per heavy atom. The highest BCUT2D eigenvalue weighted by atomic mass is 32.2. The van der Waals surface area contributed by atoms with E-state index in [1.807, 2.05) is 31.9 Å². The van der Waals surface area contributed by atoms with Gasteiger partial charge in [-0.05, 0) is 53.2 Å². The Balaban J connectivity index is 2.56. The fourth-order valence-electron chi connectivity index (χ4n) is 2.66. The average Bonchev–Trinajstić information content (AvgIpc) is 2.45. The summed E-state index contributed by atoms with van der Waals surface area (Å²) in [5, 5.41) is 13.0. The number of piperidine rings is 1. The van der Waals surface area contributed by atoms with E-state index >= 15 is 0 Å². The third kappa shape index (κ3) is 6.34. The number of ether oxygens (including phenoxy) is 1. The standard InChI is InChI=1S/C16H32N2O3S/c1-12(14(11-19)22-5)17-10-13-8-6-7-9-18(13)15(20)21-16(2,3)4/h12-14,17,19H,6-11H2,1-5H3. The summed E-state index contributed by atoms with van der Waals surface area (Å²) < 4.78 is 5.52. The molecule has 0 saturated carbocycles. The summed E-state index contributed by atoms with van der Waals surface area (Å²) in [6.07, 6.45) is 4.98. The molecule has 0 aromatic heterocycles. The topological polar surface area (TPSA) is 61.8 Å². The molecule has 3 unspecified atom stereocenters. The van der Waals surface area contributed by atoms with Gasteiger partial charge < -0.3 is 20.1 Å². The number of nitrogens with one attached hydrogen (secondary N) is 1. The van der Waals surface area contributed by atoms with Gasteiger partial charge in [-0.2, -0.15) is 11.8 Å². The first-order valence-electron chi connectivity index (χ1n) is 8.15. The molecule has 1 rings (SSSR count). The molecule has 1 amide bonds. The van der Waals surface area contributed by atoms with Gasteiger partial charge in [0, 0.05) is 30.4 Å². The monoisotopic (exact) mass is 332 g/mol. The molecule has 0 spiro atoms. The molecule has 130 valence electrons. The first-order chi connectivity index (χ1) is 10.3. The van der Waals surface area contributed by atoms with Crippen LogP contribution in [0, 0.1) is 0 Å². The summed E-state index contributed by atoms with van der Waals surface area (Å²) in [4.78, 5) is 14.2. The molecular weight excluding hydrogens is 300 g/mol. The van der Waals surface area contributed by atoms with Crippen LogP contribution in [0.2, 0.25) is 0 Å². The lowest BCUT2D eigenvalue weighted by Crippen LogP contribution is -2.52. The molecule has 5 nitrogen and oxygen atoms in total. The number of nitrogens with zero attached hydrogens (tertiary/aromatic N) is 1. The van der Waals surface area contributed by atoms with Crippen molar-refractivity contribution in [2.45, 2.75) is 69.9 Å². The minimum absolute atomic E-state index is 0.162. The van der Waals surface area contributed by atoms with E-state index in [2.05, 4.69) is 12.2 Å². The third-order valence-corrected chi connectivity index (χ3v) is 5.13. The smallest absolute Gasteiger partial charge is 0.410 e. The quantitative estimate of drug-likeness (QED) is 0.782. The highest BCUT2D eigenvalue weighted by Crippen LogP contribution is 2.20. The molecule has 0 aliphatic carbocycles. The molecule has 0 aromatic carbocycles. The first kappa shape index (κ1) is 19.6. The molecule has 3 atom stereocenters. The molecule has 2 N–H and O–H groups in total. The maximum Gasteiger partial charge on any atom is 0.410 e. The third-order valence-electron chi connectivity index (χ3n) is 3.97. The van der Waals surface area contributed by atoms with Crippen molar-refractivity contribution in [2.75, 3.05) is 26.0 Å².